The molecule has 11 heteroatoms. The molecule has 2 amide bonds. The van der Waals surface area contributed by atoms with Crippen LogP contribution in [0.1, 0.15) is 49.3 Å². The van der Waals surface area contributed by atoms with Crippen molar-refractivity contribution in [2.45, 2.75) is 57.3 Å². The van der Waals surface area contributed by atoms with Gasteiger partial charge in [0.1, 0.15) is 24.2 Å². The lowest BCUT2D eigenvalue weighted by atomic mass is 9.94. The Morgan fingerprint density at radius 3 is 2.61 bits per heavy atom. The molecule has 2 aromatic heterocycles. The van der Waals surface area contributed by atoms with Gasteiger partial charge in [-0.05, 0) is 65.6 Å². The minimum atomic E-state index is -0.937. The van der Waals surface area contributed by atoms with E-state index in [1.54, 1.807) is 49.8 Å². The molecule has 1 atom stereocenters. The molecule has 1 saturated carbocycles. The Labute approximate surface area is 237 Å². The van der Waals surface area contributed by atoms with Crippen LogP contribution >= 0.6 is 0 Å². The first kappa shape index (κ1) is 27.9. The van der Waals surface area contributed by atoms with Gasteiger partial charge in [-0.3, -0.25) is 14.6 Å². The Balaban J connectivity index is 1.47. The monoisotopic (exact) mass is 557 g/mol. The summed E-state index contributed by atoms with van der Waals surface area (Å²) in [4.78, 5) is 34.6. The average Bonchev–Trinajstić information content (AvgIpc) is 3.46. The third-order valence-corrected chi connectivity index (χ3v) is 7.19. The number of nitrogens with one attached hydrogen (secondary N) is 1. The van der Waals surface area contributed by atoms with Gasteiger partial charge in [0.25, 0.3) is 0 Å². The molecule has 1 aliphatic carbocycles. The van der Waals surface area contributed by atoms with Gasteiger partial charge in [0.2, 0.25) is 17.6 Å². The molecule has 212 valence electrons. The van der Waals surface area contributed by atoms with E-state index in [2.05, 4.69) is 25.7 Å². The maximum Gasteiger partial charge on any atom is 0.247 e. The van der Waals surface area contributed by atoms with E-state index < -0.39 is 17.8 Å². The third kappa shape index (κ3) is 6.92. The maximum absolute atomic E-state index is 14.3. The van der Waals surface area contributed by atoms with Gasteiger partial charge >= 0.3 is 0 Å². The predicted octanol–water partition coefficient (Wildman–Crippen LogP) is 4.10. The van der Waals surface area contributed by atoms with E-state index in [-0.39, 0.29) is 36.4 Å². The van der Waals surface area contributed by atoms with Crippen molar-refractivity contribution in [3.05, 3.63) is 90.0 Å². The van der Waals surface area contributed by atoms with E-state index in [1.807, 2.05) is 24.3 Å². The zero-order valence-corrected chi connectivity index (χ0v) is 22.8. The number of amides is 2. The largest absolute Gasteiger partial charge is 0.497 e. The van der Waals surface area contributed by atoms with Gasteiger partial charge in [-0.1, -0.05) is 43.5 Å². The summed E-state index contributed by atoms with van der Waals surface area (Å²) in [5.74, 6) is -0.468. The summed E-state index contributed by atoms with van der Waals surface area (Å²) in [5.41, 5.74) is 1.59. The number of carbonyl (C=O) groups is 2. The normalized spacial score (nSPS) is 14.3. The lowest BCUT2D eigenvalue weighted by molar-refractivity contribution is -0.142. The van der Waals surface area contributed by atoms with Gasteiger partial charge < -0.3 is 15.0 Å². The highest BCUT2D eigenvalue weighted by atomic mass is 19.1. The molecular formula is C30H32FN7O3. The predicted molar refractivity (Wildman–Crippen MR) is 149 cm³/mol. The first-order valence-corrected chi connectivity index (χ1v) is 13.7. The highest BCUT2D eigenvalue weighted by molar-refractivity contribution is 5.88. The molecule has 0 bridgehead atoms. The zero-order valence-electron chi connectivity index (χ0n) is 22.8. The van der Waals surface area contributed by atoms with Crippen LogP contribution in [0.25, 0.3) is 11.4 Å². The molecule has 0 saturated heterocycles. The second kappa shape index (κ2) is 13.1. The van der Waals surface area contributed by atoms with Crippen LogP contribution < -0.4 is 10.1 Å². The summed E-state index contributed by atoms with van der Waals surface area (Å²) in [6.07, 6.45) is 8.27. The number of benzene rings is 2. The summed E-state index contributed by atoms with van der Waals surface area (Å²) in [6, 6.07) is 16.0. The molecule has 4 aromatic rings. The molecule has 0 spiro atoms. The number of pyridine rings is 1. The van der Waals surface area contributed by atoms with Crippen LogP contribution in [0.5, 0.6) is 5.75 Å². The van der Waals surface area contributed by atoms with Crippen molar-refractivity contribution < 1.29 is 18.7 Å². The number of nitrogens with zero attached hydrogens (tertiary/aromatic N) is 6. The molecule has 1 N–H and O–H groups in total. The van der Waals surface area contributed by atoms with Gasteiger partial charge in [-0.25, -0.2) is 4.39 Å². The first-order chi connectivity index (χ1) is 20.0. The smallest absolute Gasteiger partial charge is 0.247 e. The maximum atomic E-state index is 14.3. The third-order valence-electron chi connectivity index (χ3n) is 7.19. The summed E-state index contributed by atoms with van der Waals surface area (Å²) in [5, 5.41) is 15.4. The van der Waals surface area contributed by atoms with Crippen LogP contribution in [0.15, 0.2) is 73.1 Å². The number of ether oxygens (including phenoxy) is 1. The van der Waals surface area contributed by atoms with Crippen LogP contribution in [0.2, 0.25) is 0 Å². The minimum absolute atomic E-state index is 0.0506. The zero-order chi connectivity index (χ0) is 28.6. The molecule has 1 unspecified atom stereocenters. The molecule has 0 radical (unpaired) electrons. The number of hydrogen-bond donors (Lipinski definition) is 1. The van der Waals surface area contributed by atoms with Crippen LogP contribution in [0.3, 0.4) is 0 Å². The molecule has 1 fully saturated rings. The lowest BCUT2D eigenvalue weighted by Crippen LogP contribution is -2.47. The quantitative estimate of drug-likeness (QED) is 0.312. The van der Waals surface area contributed by atoms with Gasteiger partial charge in [0.15, 0.2) is 0 Å². The van der Waals surface area contributed by atoms with Gasteiger partial charge in [-0.2, -0.15) is 4.80 Å². The highest BCUT2D eigenvalue weighted by Gasteiger charge is 2.33. The number of methoxy groups -OCH3 is 1. The van der Waals surface area contributed by atoms with E-state index in [1.165, 1.54) is 11.0 Å². The van der Waals surface area contributed by atoms with Crippen molar-refractivity contribution in [2.75, 3.05) is 7.11 Å². The van der Waals surface area contributed by atoms with Crippen LogP contribution in [-0.2, 0) is 22.7 Å². The summed E-state index contributed by atoms with van der Waals surface area (Å²) in [7, 11) is 1.57. The molecule has 0 aliphatic heterocycles. The molecule has 10 nitrogen and oxygen atoms in total. The van der Waals surface area contributed by atoms with E-state index >= 15 is 0 Å². The summed E-state index contributed by atoms with van der Waals surface area (Å²) >= 11 is 0. The number of halogens is 1. The fourth-order valence-corrected chi connectivity index (χ4v) is 5.11. The van der Waals surface area contributed by atoms with E-state index in [9.17, 15) is 14.0 Å². The van der Waals surface area contributed by atoms with Gasteiger partial charge in [-0.15, -0.1) is 10.2 Å². The van der Waals surface area contributed by atoms with Crippen molar-refractivity contribution in [1.29, 1.82) is 0 Å². The van der Waals surface area contributed by atoms with Crippen molar-refractivity contribution in [3.63, 3.8) is 0 Å². The van der Waals surface area contributed by atoms with Crippen molar-refractivity contribution in [3.8, 4) is 17.1 Å². The van der Waals surface area contributed by atoms with Crippen molar-refractivity contribution in [2.24, 2.45) is 0 Å². The fourth-order valence-electron chi connectivity index (χ4n) is 5.11. The Bertz CT molecular complexity index is 1470. The standard InChI is InChI=1S/C30H32FN7O3/c1-41-24-11-7-8-21(18-24)19-37(27(39)20-38-35-29(34-36-38)25-12-5-6-13-26(25)31)28(22-14-16-32-17-15-22)30(40)33-23-9-3-2-4-10-23/h5-8,11-18,23,28H,2-4,9-10,19-20H2,1H3,(H,33,40). The molecule has 2 aromatic carbocycles. The first-order valence-electron chi connectivity index (χ1n) is 13.7. The van der Waals surface area contributed by atoms with Crippen LogP contribution in [-0.4, -0.2) is 55.1 Å². The van der Waals surface area contributed by atoms with E-state index in [0.717, 1.165) is 42.5 Å². The van der Waals surface area contributed by atoms with Gasteiger partial charge in [0, 0.05) is 25.0 Å². The number of hydrogen-bond acceptors (Lipinski definition) is 7. The highest BCUT2D eigenvalue weighted by Crippen LogP contribution is 2.27. The number of aromatic nitrogens is 5. The minimum Gasteiger partial charge on any atom is -0.497 e. The second-order valence-electron chi connectivity index (χ2n) is 10.0. The summed E-state index contributed by atoms with van der Waals surface area (Å²) in [6.45, 7) is -0.181. The second-order valence-corrected chi connectivity index (χ2v) is 10.0. The molecule has 2 heterocycles. The Hall–Kier alpha value is -4.67. The van der Waals surface area contributed by atoms with E-state index in [4.69, 9.17) is 4.74 Å². The SMILES string of the molecule is COc1cccc(CN(C(=O)Cn2nnc(-c3ccccc3F)n2)C(C(=O)NC2CCCCC2)c2ccncc2)c1. The summed E-state index contributed by atoms with van der Waals surface area (Å²) < 4.78 is 19.7. The van der Waals surface area contributed by atoms with E-state index in [0.29, 0.717) is 11.3 Å². The van der Waals surface area contributed by atoms with Crippen LogP contribution in [0.4, 0.5) is 4.39 Å². The van der Waals surface area contributed by atoms with Gasteiger partial charge in [0.05, 0.1) is 12.7 Å². The Kier molecular flexibility index (Phi) is 8.92. The number of rotatable bonds is 10. The molecule has 5 rings (SSSR count). The molecule has 1 aliphatic rings. The van der Waals surface area contributed by atoms with Crippen molar-refractivity contribution in [1.82, 2.24) is 35.4 Å². The molecule has 41 heavy (non-hydrogen) atoms. The lowest BCUT2D eigenvalue weighted by Gasteiger charge is -2.33. The number of tetrazole rings is 1. The number of carbonyl (C=O) groups excluding carboxylic acids is 2. The molecular weight excluding hydrogens is 525 g/mol. The van der Waals surface area contributed by atoms with Crippen molar-refractivity contribution >= 4 is 11.8 Å². The fraction of sp³-hybridized carbons (Fsp3) is 0.333. The van der Waals surface area contributed by atoms with Crippen LogP contribution in [0, 0.1) is 5.82 Å². The topological polar surface area (TPSA) is 115 Å². The average molecular weight is 558 g/mol. The Morgan fingerprint density at radius 1 is 1.07 bits per heavy atom. The Morgan fingerprint density at radius 2 is 1.85 bits per heavy atom.